The average Bonchev–Trinajstić information content (AvgIpc) is 2.64. The number of hydrogen-bond acceptors (Lipinski definition) is 5. The van der Waals surface area contributed by atoms with Crippen LogP contribution in [0.2, 0.25) is 0 Å². The van der Waals surface area contributed by atoms with Crippen molar-refractivity contribution in [1.82, 2.24) is 9.97 Å². The quantitative estimate of drug-likeness (QED) is 0.832. The highest BCUT2D eigenvalue weighted by atomic mass is 32.2. The van der Waals surface area contributed by atoms with Crippen LogP contribution < -0.4 is 5.56 Å². The zero-order valence-electron chi connectivity index (χ0n) is 8.76. The molecule has 5 nitrogen and oxygen atoms in total. The van der Waals surface area contributed by atoms with E-state index >= 15 is 0 Å². The summed E-state index contributed by atoms with van der Waals surface area (Å²) in [6.45, 7) is 1.70. The van der Waals surface area contributed by atoms with Gasteiger partial charge >= 0.3 is 5.97 Å². The van der Waals surface area contributed by atoms with E-state index in [9.17, 15) is 9.59 Å². The summed E-state index contributed by atoms with van der Waals surface area (Å²) >= 11 is 2.42. The van der Waals surface area contributed by atoms with Gasteiger partial charge in [0, 0.05) is 16.3 Å². The van der Waals surface area contributed by atoms with E-state index in [0.717, 1.165) is 16.2 Å². The van der Waals surface area contributed by atoms with Crippen LogP contribution in [0.3, 0.4) is 0 Å². The molecule has 0 unspecified atom stereocenters. The van der Waals surface area contributed by atoms with E-state index in [2.05, 4.69) is 9.97 Å². The number of rotatable bonds is 3. The average molecular weight is 268 g/mol. The highest BCUT2D eigenvalue weighted by Crippen LogP contribution is 2.29. The molecule has 2 N–H and O–H groups in total. The number of aromatic nitrogens is 2. The van der Waals surface area contributed by atoms with Crippen molar-refractivity contribution in [2.24, 2.45) is 0 Å². The number of nitrogens with zero attached hydrogens (tertiary/aromatic N) is 1. The number of H-pyrrole nitrogens is 1. The largest absolute Gasteiger partial charge is 0.477 e. The lowest BCUT2D eigenvalue weighted by atomic mass is 10.5. The summed E-state index contributed by atoms with van der Waals surface area (Å²) in [7, 11) is 0. The Kier molecular flexibility index (Phi) is 3.30. The molecule has 88 valence electrons. The number of carboxylic acids is 1. The third-order valence-corrected chi connectivity index (χ3v) is 3.80. The molecule has 0 radical (unpaired) electrons. The third-order valence-electron chi connectivity index (χ3n) is 1.85. The summed E-state index contributed by atoms with van der Waals surface area (Å²) in [5.41, 5.74) is -0.214. The van der Waals surface area contributed by atoms with Gasteiger partial charge in [-0.15, -0.1) is 11.3 Å². The number of aromatic amines is 1. The van der Waals surface area contributed by atoms with Gasteiger partial charge in [0.15, 0.2) is 0 Å². The van der Waals surface area contributed by atoms with Crippen molar-refractivity contribution in [2.75, 3.05) is 0 Å². The zero-order valence-corrected chi connectivity index (χ0v) is 10.4. The van der Waals surface area contributed by atoms with E-state index in [0.29, 0.717) is 10.9 Å². The first-order valence-corrected chi connectivity index (χ1v) is 6.32. The topological polar surface area (TPSA) is 83.0 Å². The standard InChI is InChI=1S/C10H8N2O3S2/c1-5-11-8(13)3-9(12-5)17-6-2-7(10(14)15)16-4-6/h2-4H,1H3,(H,14,15)(H,11,12,13). The van der Waals surface area contributed by atoms with E-state index in [4.69, 9.17) is 5.11 Å². The van der Waals surface area contributed by atoms with Crippen LogP contribution >= 0.6 is 23.1 Å². The molecule has 0 fully saturated rings. The second kappa shape index (κ2) is 4.72. The molecule has 2 aromatic rings. The molecule has 0 aromatic carbocycles. The van der Waals surface area contributed by atoms with Gasteiger partial charge in [0.2, 0.25) is 0 Å². The molecule has 0 amide bonds. The van der Waals surface area contributed by atoms with Crippen molar-refractivity contribution in [2.45, 2.75) is 16.8 Å². The lowest BCUT2D eigenvalue weighted by Crippen LogP contribution is -2.07. The van der Waals surface area contributed by atoms with Gasteiger partial charge in [-0.3, -0.25) is 4.79 Å². The normalized spacial score (nSPS) is 10.4. The second-order valence-electron chi connectivity index (χ2n) is 3.22. The van der Waals surface area contributed by atoms with Gasteiger partial charge in [0.05, 0.1) is 0 Å². The maximum Gasteiger partial charge on any atom is 0.345 e. The highest BCUT2D eigenvalue weighted by Gasteiger charge is 2.08. The predicted molar refractivity (Wildman–Crippen MR) is 65.0 cm³/mol. The van der Waals surface area contributed by atoms with Crippen LogP contribution in [-0.2, 0) is 0 Å². The Labute approximate surface area is 105 Å². The maximum absolute atomic E-state index is 11.2. The summed E-state index contributed by atoms with van der Waals surface area (Å²) < 4.78 is 0. The minimum atomic E-state index is -0.947. The lowest BCUT2D eigenvalue weighted by Gasteiger charge is -1.98. The van der Waals surface area contributed by atoms with Crippen LogP contribution in [0.1, 0.15) is 15.5 Å². The number of carbonyl (C=O) groups is 1. The summed E-state index contributed by atoms with van der Waals surface area (Å²) in [5.74, 6) is -0.411. The molecular formula is C10H8N2O3S2. The fourth-order valence-corrected chi connectivity index (χ4v) is 2.99. The summed E-state index contributed by atoms with van der Waals surface area (Å²) in [6, 6.07) is 2.95. The number of hydrogen-bond donors (Lipinski definition) is 2. The Balaban J connectivity index is 2.25. The molecule has 0 saturated heterocycles. The Morgan fingerprint density at radius 1 is 1.53 bits per heavy atom. The SMILES string of the molecule is Cc1nc(Sc2csc(C(=O)O)c2)cc(=O)[nH]1. The number of aryl methyl sites for hydroxylation is 1. The van der Waals surface area contributed by atoms with Crippen LogP contribution in [0.4, 0.5) is 0 Å². The summed E-state index contributed by atoms with van der Waals surface area (Å²) in [6.07, 6.45) is 0. The Hall–Kier alpha value is -1.60. The molecule has 0 atom stereocenters. The predicted octanol–water partition coefficient (Wildman–Crippen LogP) is 1.99. The van der Waals surface area contributed by atoms with E-state index in [1.165, 1.54) is 17.8 Å². The lowest BCUT2D eigenvalue weighted by molar-refractivity contribution is 0.0702. The molecule has 2 heterocycles. The van der Waals surface area contributed by atoms with Crippen molar-refractivity contribution >= 4 is 29.1 Å². The van der Waals surface area contributed by atoms with Gasteiger partial charge in [-0.2, -0.15) is 0 Å². The molecule has 0 aliphatic carbocycles. The van der Waals surface area contributed by atoms with Crippen molar-refractivity contribution in [1.29, 1.82) is 0 Å². The smallest absolute Gasteiger partial charge is 0.345 e. The summed E-state index contributed by atoms with van der Waals surface area (Å²) in [4.78, 5) is 29.7. The Morgan fingerprint density at radius 2 is 2.29 bits per heavy atom. The Morgan fingerprint density at radius 3 is 2.88 bits per heavy atom. The van der Waals surface area contributed by atoms with Crippen molar-refractivity contribution in [3.05, 3.63) is 38.6 Å². The van der Waals surface area contributed by atoms with E-state index < -0.39 is 5.97 Å². The second-order valence-corrected chi connectivity index (χ2v) is 5.23. The van der Waals surface area contributed by atoms with E-state index in [1.54, 1.807) is 18.4 Å². The van der Waals surface area contributed by atoms with Crippen molar-refractivity contribution in [3.63, 3.8) is 0 Å². The molecule has 2 rings (SSSR count). The molecular weight excluding hydrogens is 260 g/mol. The third kappa shape index (κ3) is 2.95. The van der Waals surface area contributed by atoms with Gasteiger partial charge in [0.1, 0.15) is 15.7 Å². The van der Waals surface area contributed by atoms with Crippen molar-refractivity contribution < 1.29 is 9.90 Å². The fraction of sp³-hybridized carbons (Fsp3) is 0.100. The van der Waals surface area contributed by atoms with Crippen molar-refractivity contribution in [3.8, 4) is 0 Å². The monoisotopic (exact) mass is 268 g/mol. The first-order chi connectivity index (χ1) is 8.04. The van der Waals surface area contributed by atoms with E-state index in [-0.39, 0.29) is 10.4 Å². The van der Waals surface area contributed by atoms with E-state index in [1.807, 2.05) is 0 Å². The van der Waals surface area contributed by atoms with Crippen LogP contribution in [0.15, 0.2) is 32.2 Å². The minimum Gasteiger partial charge on any atom is -0.477 e. The number of nitrogens with one attached hydrogen (secondary N) is 1. The molecule has 0 aliphatic rings. The van der Waals surface area contributed by atoms with Crippen LogP contribution in [-0.4, -0.2) is 21.0 Å². The van der Waals surface area contributed by atoms with Crippen LogP contribution in [0, 0.1) is 6.92 Å². The van der Waals surface area contributed by atoms with Gasteiger partial charge in [-0.1, -0.05) is 11.8 Å². The minimum absolute atomic E-state index is 0.214. The molecule has 0 saturated carbocycles. The van der Waals surface area contributed by atoms with Crippen LogP contribution in [0.25, 0.3) is 0 Å². The Bertz CT molecular complexity index is 618. The molecule has 0 spiro atoms. The van der Waals surface area contributed by atoms with Crippen LogP contribution in [0.5, 0.6) is 0 Å². The van der Waals surface area contributed by atoms with Gasteiger partial charge in [-0.25, -0.2) is 9.78 Å². The summed E-state index contributed by atoms with van der Waals surface area (Å²) in [5, 5.41) is 11.1. The van der Waals surface area contributed by atoms with Gasteiger partial charge in [0.25, 0.3) is 5.56 Å². The number of aromatic carboxylic acids is 1. The highest BCUT2D eigenvalue weighted by molar-refractivity contribution is 7.99. The first-order valence-electron chi connectivity index (χ1n) is 4.62. The van der Waals surface area contributed by atoms with Gasteiger partial charge in [-0.05, 0) is 13.0 Å². The maximum atomic E-state index is 11.2. The zero-order chi connectivity index (χ0) is 12.4. The fourth-order valence-electron chi connectivity index (χ4n) is 1.21. The first kappa shape index (κ1) is 11.9. The number of thiophene rings is 1. The molecule has 0 aliphatic heterocycles. The molecule has 17 heavy (non-hydrogen) atoms. The number of carboxylic acid groups (broad SMARTS) is 1. The van der Waals surface area contributed by atoms with Gasteiger partial charge < -0.3 is 10.1 Å². The molecule has 2 aromatic heterocycles. The molecule has 7 heteroatoms. The molecule has 0 bridgehead atoms.